The fourth-order valence-corrected chi connectivity index (χ4v) is 2.09. The van der Waals surface area contributed by atoms with E-state index in [1.165, 1.54) is 38.5 Å². The van der Waals surface area contributed by atoms with Gasteiger partial charge in [-0.25, -0.2) is 4.98 Å². The number of hydrogen-bond acceptors (Lipinski definition) is 2. The highest BCUT2D eigenvalue weighted by molar-refractivity contribution is 5.27. The number of nitrogens with zero attached hydrogens (tertiary/aromatic N) is 2. The molecule has 0 saturated heterocycles. The van der Waals surface area contributed by atoms with E-state index in [0.717, 1.165) is 24.5 Å². The van der Waals surface area contributed by atoms with E-state index in [0.29, 0.717) is 0 Å². The average molecular weight is 205 g/mol. The zero-order valence-corrected chi connectivity index (χ0v) is 9.15. The number of anilines is 1. The molecule has 0 atom stereocenters. The summed E-state index contributed by atoms with van der Waals surface area (Å²) in [5, 5.41) is 3.45. The minimum atomic E-state index is 0.735. The Balaban J connectivity index is 1.45. The predicted octanol–water partition coefficient (Wildman–Crippen LogP) is 2.82. The summed E-state index contributed by atoms with van der Waals surface area (Å²) in [5.74, 6) is 2.13. The van der Waals surface area contributed by atoms with Crippen LogP contribution in [-0.2, 0) is 0 Å². The molecule has 1 aromatic rings. The molecule has 0 radical (unpaired) electrons. The van der Waals surface area contributed by atoms with E-state index in [-0.39, 0.29) is 0 Å². The van der Waals surface area contributed by atoms with E-state index in [1.807, 2.05) is 6.20 Å². The standard InChI is InChI=1S/C12H19N3/c1(2-10-3-4-10)7-13-12-14-8-9-15(12)11-5-6-11/h8-11H,1-7H2,(H,13,14). The number of rotatable bonds is 6. The summed E-state index contributed by atoms with van der Waals surface area (Å²) < 4.78 is 2.29. The van der Waals surface area contributed by atoms with Gasteiger partial charge in [0.15, 0.2) is 0 Å². The monoisotopic (exact) mass is 205 g/mol. The van der Waals surface area contributed by atoms with Gasteiger partial charge in [0.2, 0.25) is 5.95 Å². The van der Waals surface area contributed by atoms with Crippen LogP contribution >= 0.6 is 0 Å². The molecular formula is C12H19N3. The molecule has 1 N–H and O–H groups in total. The van der Waals surface area contributed by atoms with Crippen LogP contribution in [0.5, 0.6) is 0 Å². The first-order chi connectivity index (χ1) is 7.43. The average Bonchev–Trinajstić information content (AvgIpc) is 3.15. The molecule has 2 aliphatic carbocycles. The molecule has 2 saturated carbocycles. The summed E-state index contributed by atoms with van der Waals surface area (Å²) in [6.07, 6.45) is 12.3. The van der Waals surface area contributed by atoms with Crippen LogP contribution in [0.25, 0.3) is 0 Å². The Labute approximate surface area is 90.9 Å². The fraction of sp³-hybridized carbons (Fsp3) is 0.750. The number of imidazole rings is 1. The predicted molar refractivity (Wildman–Crippen MR) is 60.9 cm³/mol. The van der Waals surface area contributed by atoms with Crippen molar-refractivity contribution in [3.05, 3.63) is 12.4 Å². The summed E-state index contributed by atoms with van der Waals surface area (Å²) in [4.78, 5) is 4.36. The molecule has 0 spiro atoms. The normalized spacial score (nSPS) is 20.5. The maximum Gasteiger partial charge on any atom is 0.203 e. The molecule has 0 bridgehead atoms. The van der Waals surface area contributed by atoms with Gasteiger partial charge in [-0.1, -0.05) is 12.8 Å². The molecule has 3 nitrogen and oxygen atoms in total. The van der Waals surface area contributed by atoms with E-state index in [2.05, 4.69) is 21.1 Å². The van der Waals surface area contributed by atoms with E-state index >= 15 is 0 Å². The Morgan fingerprint density at radius 3 is 2.93 bits per heavy atom. The lowest BCUT2D eigenvalue weighted by molar-refractivity contribution is 0.677. The van der Waals surface area contributed by atoms with E-state index in [4.69, 9.17) is 0 Å². The molecule has 0 aromatic carbocycles. The third-order valence-corrected chi connectivity index (χ3v) is 3.38. The van der Waals surface area contributed by atoms with Crippen molar-refractivity contribution in [3.63, 3.8) is 0 Å². The highest BCUT2D eigenvalue weighted by Gasteiger charge is 2.25. The molecule has 0 unspecified atom stereocenters. The van der Waals surface area contributed by atoms with Crippen LogP contribution in [-0.4, -0.2) is 16.1 Å². The molecule has 2 fully saturated rings. The highest BCUT2D eigenvalue weighted by atomic mass is 15.2. The first kappa shape index (κ1) is 9.25. The Kier molecular flexibility index (Phi) is 2.39. The van der Waals surface area contributed by atoms with Crippen molar-refractivity contribution in [1.29, 1.82) is 0 Å². The molecule has 1 heterocycles. The van der Waals surface area contributed by atoms with Crippen molar-refractivity contribution in [2.45, 2.75) is 44.6 Å². The quantitative estimate of drug-likeness (QED) is 0.724. The maximum absolute atomic E-state index is 4.36. The zero-order valence-electron chi connectivity index (χ0n) is 9.15. The second-order valence-electron chi connectivity index (χ2n) is 4.90. The molecule has 2 aliphatic rings. The second-order valence-corrected chi connectivity index (χ2v) is 4.90. The zero-order chi connectivity index (χ0) is 10.1. The van der Waals surface area contributed by atoms with Crippen molar-refractivity contribution in [2.75, 3.05) is 11.9 Å². The summed E-state index contributed by atoms with van der Waals surface area (Å²) in [5.41, 5.74) is 0. The Bertz CT molecular complexity index is 323. The number of hydrogen-bond donors (Lipinski definition) is 1. The van der Waals surface area contributed by atoms with Crippen molar-refractivity contribution < 1.29 is 0 Å². The molecule has 1 aromatic heterocycles. The van der Waals surface area contributed by atoms with Crippen LogP contribution in [0.2, 0.25) is 0 Å². The van der Waals surface area contributed by atoms with Crippen LogP contribution < -0.4 is 5.32 Å². The lowest BCUT2D eigenvalue weighted by Crippen LogP contribution is -2.07. The van der Waals surface area contributed by atoms with Crippen LogP contribution in [0.1, 0.15) is 44.6 Å². The Hall–Kier alpha value is -0.990. The van der Waals surface area contributed by atoms with Gasteiger partial charge in [0, 0.05) is 25.0 Å². The van der Waals surface area contributed by atoms with Gasteiger partial charge in [0.25, 0.3) is 0 Å². The third kappa shape index (κ3) is 2.33. The van der Waals surface area contributed by atoms with Crippen molar-refractivity contribution in [3.8, 4) is 0 Å². The molecule has 3 rings (SSSR count). The van der Waals surface area contributed by atoms with Crippen LogP contribution in [0, 0.1) is 5.92 Å². The smallest absolute Gasteiger partial charge is 0.203 e. The first-order valence-corrected chi connectivity index (χ1v) is 6.20. The number of nitrogens with one attached hydrogen (secondary N) is 1. The van der Waals surface area contributed by atoms with E-state index < -0.39 is 0 Å². The lowest BCUT2D eigenvalue weighted by atomic mass is 10.2. The molecule has 3 heteroatoms. The SMILES string of the molecule is c1cn(C2CC2)c(NCCCC2CC2)n1. The van der Waals surface area contributed by atoms with Crippen molar-refractivity contribution in [1.82, 2.24) is 9.55 Å². The van der Waals surface area contributed by atoms with Gasteiger partial charge in [0.05, 0.1) is 0 Å². The van der Waals surface area contributed by atoms with Crippen LogP contribution in [0.4, 0.5) is 5.95 Å². The summed E-state index contributed by atoms with van der Waals surface area (Å²) in [6.45, 7) is 1.08. The third-order valence-electron chi connectivity index (χ3n) is 3.38. The Morgan fingerprint density at radius 2 is 2.20 bits per heavy atom. The summed E-state index contributed by atoms with van der Waals surface area (Å²) in [6, 6.07) is 0.735. The van der Waals surface area contributed by atoms with Gasteiger partial charge in [-0.05, 0) is 31.6 Å². The van der Waals surface area contributed by atoms with Crippen LogP contribution in [0.3, 0.4) is 0 Å². The van der Waals surface area contributed by atoms with Gasteiger partial charge in [-0.3, -0.25) is 0 Å². The summed E-state index contributed by atoms with van der Waals surface area (Å²) >= 11 is 0. The van der Waals surface area contributed by atoms with Gasteiger partial charge in [0.1, 0.15) is 0 Å². The van der Waals surface area contributed by atoms with Crippen molar-refractivity contribution in [2.24, 2.45) is 5.92 Å². The highest BCUT2D eigenvalue weighted by Crippen LogP contribution is 2.37. The van der Waals surface area contributed by atoms with Gasteiger partial charge in [-0.2, -0.15) is 0 Å². The molecule has 82 valence electrons. The lowest BCUT2D eigenvalue weighted by Gasteiger charge is -2.08. The van der Waals surface area contributed by atoms with Crippen LogP contribution in [0.15, 0.2) is 12.4 Å². The van der Waals surface area contributed by atoms with Gasteiger partial charge >= 0.3 is 0 Å². The molecule has 0 aliphatic heterocycles. The van der Waals surface area contributed by atoms with Gasteiger partial charge < -0.3 is 9.88 Å². The van der Waals surface area contributed by atoms with Crippen molar-refractivity contribution >= 4 is 5.95 Å². The van der Waals surface area contributed by atoms with E-state index in [9.17, 15) is 0 Å². The minimum absolute atomic E-state index is 0.735. The molecular weight excluding hydrogens is 186 g/mol. The van der Waals surface area contributed by atoms with E-state index in [1.54, 1.807) is 0 Å². The first-order valence-electron chi connectivity index (χ1n) is 6.20. The number of aromatic nitrogens is 2. The Morgan fingerprint density at radius 1 is 1.33 bits per heavy atom. The fourth-order valence-electron chi connectivity index (χ4n) is 2.09. The minimum Gasteiger partial charge on any atom is -0.356 e. The topological polar surface area (TPSA) is 29.9 Å². The maximum atomic E-state index is 4.36. The second kappa shape index (κ2) is 3.87. The summed E-state index contributed by atoms with van der Waals surface area (Å²) in [7, 11) is 0. The van der Waals surface area contributed by atoms with Gasteiger partial charge in [-0.15, -0.1) is 0 Å². The molecule has 15 heavy (non-hydrogen) atoms. The largest absolute Gasteiger partial charge is 0.356 e. The molecule has 0 amide bonds.